The van der Waals surface area contributed by atoms with Crippen LogP contribution in [0.25, 0.3) is 0 Å². The van der Waals surface area contributed by atoms with Gasteiger partial charge in [-0.25, -0.2) is 4.79 Å². The molecule has 3 unspecified atom stereocenters. The first-order chi connectivity index (χ1) is 65.5. The number of aliphatic hydroxyl groups is 22. The summed E-state index contributed by atoms with van der Waals surface area (Å²) in [6.07, 6.45) is -49.7. The molecule has 11 aliphatic rings. The molecule has 46 heteroatoms. The van der Waals surface area contributed by atoms with E-state index in [0.29, 0.717) is 82.5 Å². The topological polar surface area (TPSA) is 712 Å². The van der Waals surface area contributed by atoms with Crippen LogP contribution in [0.4, 0.5) is 16.2 Å². The molecule has 7 saturated heterocycles. The van der Waals surface area contributed by atoms with Gasteiger partial charge in [0.1, 0.15) is 188 Å². The lowest BCUT2D eigenvalue weighted by Gasteiger charge is -2.58. The van der Waals surface area contributed by atoms with Gasteiger partial charge in [-0.3, -0.25) is 14.4 Å². The van der Waals surface area contributed by atoms with Crippen molar-refractivity contribution in [2.75, 3.05) is 103 Å². The fourth-order valence-corrected chi connectivity index (χ4v) is 22.4. The van der Waals surface area contributed by atoms with Crippen LogP contribution in [0.5, 0.6) is 0 Å². The van der Waals surface area contributed by atoms with E-state index in [0.717, 1.165) is 61.7 Å². The Morgan fingerprint density at radius 3 is 1.40 bits per heavy atom. The van der Waals surface area contributed by atoms with Crippen LogP contribution in [0.15, 0.2) is 21.2 Å². The average Bonchev–Trinajstić information content (AvgIpc) is 1.65. The van der Waals surface area contributed by atoms with Gasteiger partial charge < -0.3 is 210 Å². The quantitative estimate of drug-likeness (QED) is 0.0164. The Bertz CT molecular complexity index is 3940. The molecule has 0 aromatic heterocycles. The third kappa shape index (κ3) is 26.0. The van der Waals surface area contributed by atoms with E-state index in [9.17, 15) is 132 Å². The van der Waals surface area contributed by atoms with Crippen molar-refractivity contribution >= 4 is 23.4 Å². The molecule has 4 aliphatic carbocycles. The molecule has 46 nitrogen and oxygen atoms in total. The van der Waals surface area contributed by atoms with Crippen LogP contribution >= 0.6 is 0 Å². The number of carbonyl (C=O) groups excluding carboxylic acids is 2. The number of anilines is 2. The smallest absolute Gasteiger partial charge is 0.407 e. The Morgan fingerprint density at radius 2 is 0.854 bits per heavy atom. The fraction of sp³-hybridized carbons (Fsp3) is 0.912. The molecule has 0 spiro atoms. The third-order valence-corrected chi connectivity index (χ3v) is 30.4. The summed E-state index contributed by atoms with van der Waals surface area (Å²) in [4.78, 5) is 51.1. The lowest BCUT2D eigenvalue weighted by molar-refractivity contribution is -0.402. The second-order valence-electron chi connectivity index (χ2n) is 39.9. The lowest BCUT2D eigenvalue weighted by atomic mass is 9.47. The zero-order valence-corrected chi connectivity index (χ0v) is 78.5. The van der Waals surface area contributed by atoms with Gasteiger partial charge in [0, 0.05) is 52.2 Å². The molecule has 2 amide bonds. The Morgan fingerprint density at radius 1 is 0.409 bits per heavy atom. The predicted octanol–water partition coefficient (Wildman–Crippen LogP) is -6.78. The monoisotopic (exact) mass is 1970 g/mol. The second kappa shape index (κ2) is 51.1. The maximum absolute atomic E-state index is 13.0. The minimum absolute atomic E-state index is 0.139. The summed E-state index contributed by atoms with van der Waals surface area (Å²) in [6, 6.07) is 0. The maximum Gasteiger partial charge on any atom is 0.407 e. The average molecular weight is 1970 g/mol. The molecule has 1 aromatic carbocycles. The van der Waals surface area contributed by atoms with Crippen molar-refractivity contribution in [3.8, 4) is 0 Å². The number of nitrogens with one attached hydrogen (secondary N) is 5. The minimum Gasteiger partial charge on any atom is -0.446 e. The SMILES string of the molecule is CC(C)CCCC(C)[C@H]1CC[C@H]2C3CC=C4C[C@@H](OC(=O)NCCNCCCCNc5c(NCCNC(=O)CCCCCCCCO[C@@H]6O[C@H](CO[C@H]7O[C@H](CO)[C@@H](O)[C@H](OC8O[C@H](CO)[C@@H](O)[C@H](O)[C@@H]8O)[C@@H]7O)[C@@H](O)[C@H](O[C@H]7O[C@H](CO)[C@@H](O)[C@H](O)[C@@H]7O[C@H]7O[C@H](CO)[C@@H](O)[C@H](O[C@H]8O[C@H](CO)[C@@H](O)[C@H](O[C@H]9O[C@H](CO)[C@@H](O)[C@H](O)[C@H]9O)[C@@H]8O)[C@@H]7O)[C@@H]6O)c(=O)c5=O)CC[C@]4(C)[C@H]3CC[C@]12C. The lowest BCUT2D eigenvalue weighted by Crippen LogP contribution is -2.68. The molecule has 137 heavy (non-hydrogen) atoms. The van der Waals surface area contributed by atoms with Crippen LogP contribution < -0.4 is 37.4 Å². The number of rotatable bonds is 48. The van der Waals surface area contributed by atoms with E-state index in [1.165, 1.54) is 50.5 Å². The van der Waals surface area contributed by atoms with Gasteiger partial charge in [-0.1, -0.05) is 91.2 Å². The van der Waals surface area contributed by atoms with Crippen LogP contribution in [0.1, 0.15) is 163 Å². The maximum atomic E-state index is 13.0. The molecule has 7 heterocycles. The molecular formula is C91H153N5O41. The van der Waals surface area contributed by atoms with Crippen molar-refractivity contribution in [3.05, 3.63) is 32.1 Å². The summed E-state index contributed by atoms with van der Waals surface area (Å²) in [7, 11) is 0. The zero-order valence-electron chi connectivity index (χ0n) is 78.5. The third-order valence-electron chi connectivity index (χ3n) is 30.4. The molecule has 10 fully saturated rings. The van der Waals surface area contributed by atoms with E-state index in [1.54, 1.807) is 0 Å². The van der Waals surface area contributed by atoms with Crippen molar-refractivity contribution in [1.29, 1.82) is 0 Å². The molecule has 788 valence electrons. The number of carbonyl (C=O) groups is 2. The largest absolute Gasteiger partial charge is 0.446 e. The highest BCUT2D eigenvalue weighted by molar-refractivity contribution is 5.76. The molecule has 27 N–H and O–H groups in total. The van der Waals surface area contributed by atoms with Crippen LogP contribution in [-0.4, -0.2) is 438 Å². The van der Waals surface area contributed by atoms with Gasteiger partial charge in [0.05, 0.1) is 46.2 Å². The highest BCUT2D eigenvalue weighted by atomic mass is 16.8. The molecule has 3 saturated carbocycles. The van der Waals surface area contributed by atoms with Gasteiger partial charge in [-0.15, -0.1) is 0 Å². The number of hydrogen-bond donors (Lipinski definition) is 27. The van der Waals surface area contributed by atoms with E-state index in [2.05, 4.69) is 67.3 Å². The highest BCUT2D eigenvalue weighted by Gasteiger charge is 2.62. The van der Waals surface area contributed by atoms with Gasteiger partial charge in [0.15, 0.2) is 44.0 Å². The Kier molecular flexibility index (Phi) is 41.6. The first kappa shape index (κ1) is 111. The zero-order chi connectivity index (χ0) is 99.2. The van der Waals surface area contributed by atoms with Crippen molar-refractivity contribution in [3.63, 3.8) is 0 Å². The predicted molar refractivity (Wildman–Crippen MR) is 473 cm³/mol. The van der Waals surface area contributed by atoms with Gasteiger partial charge >= 0.3 is 6.09 Å². The first-order valence-electron chi connectivity index (χ1n) is 49.0. The van der Waals surface area contributed by atoms with Gasteiger partial charge in [-0.2, -0.15) is 0 Å². The summed E-state index contributed by atoms with van der Waals surface area (Å²) in [5, 5.41) is 256. The number of hydrogen-bond acceptors (Lipinski definition) is 44. The number of aliphatic hydroxyl groups excluding tert-OH is 22. The van der Waals surface area contributed by atoms with E-state index in [4.69, 9.17) is 71.1 Å². The molecule has 7 aliphatic heterocycles. The molecule has 43 atom stereocenters. The van der Waals surface area contributed by atoms with Crippen molar-refractivity contribution in [2.45, 2.75) is 384 Å². The van der Waals surface area contributed by atoms with Gasteiger partial charge in [-0.05, 0) is 124 Å². The molecule has 0 radical (unpaired) electrons. The Labute approximate surface area is 794 Å². The molecule has 0 bridgehead atoms. The summed E-state index contributed by atoms with van der Waals surface area (Å²) in [5.74, 6) is 4.33. The standard InChI is InChI=1S/C91H153N5O41/c1-41(2)15-14-16-42(3)46-20-21-47-45-19-18-43-33-44(22-24-90(43,4)48(45)23-25-91(46,47)5)125-89(122)96-29-28-92-26-11-12-27-94-57-58(67(112)66(57)111)95-31-30-93-56(103)17-10-8-6-7-9-13-32-123-82-73(118)80(65(110)55(132-82)40-124-83-74(119)77(62(107)52(37-100)126-83)133-84-71(116)68(113)59(104)49(34-97)127-84)136-88-81(70(115)61(106)51(36-99)131-88)137-87-76(121)79(64(109)54(39-102)130-87)135-86-75(120)78(63(108)53(38-101)129-86)134-85-72(117)69(114)60(105)50(35-98)128-85/h18,41-42,44-55,59-65,68-88,92,94-95,97-102,104-110,113-121H,6-17,19-40H2,1-5H3,(H,93,103)(H,96,122)/t42?,44-,45?,46+,47-,48-,49+,50+,51+,52+,53+,54+,55+,59+,60+,61+,62+,63+,64+,65+,68-,69-,70-,71-,72+,73-,74-,75-,76-,77-,78-,79-,80-,81-,82+,83-,84?,85+,86+,87+,88+,90-,91+/m0/s1. The van der Waals surface area contributed by atoms with Crippen LogP contribution in [-0.2, 0) is 75.8 Å². The van der Waals surface area contributed by atoms with Crippen molar-refractivity contribution in [2.24, 2.45) is 46.3 Å². The summed E-state index contributed by atoms with van der Waals surface area (Å²) in [5.41, 5.74) is 1.12. The van der Waals surface area contributed by atoms with E-state index < -0.39 is 278 Å². The molecular weight excluding hydrogens is 1820 g/mol. The number of fused-ring (bicyclic) bond motifs is 5. The normalized spacial score (nSPS) is 42.6. The number of amides is 2. The van der Waals surface area contributed by atoms with Crippen LogP contribution in [0.3, 0.4) is 0 Å². The summed E-state index contributed by atoms with van der Waals surface area (Å²) in [6.45, 7) is 7.63. The Hall–Kier alpha value is -4.32. The van der Waals surface area contributed by atoms with E-state index in [1.807, 2.05) is 0 Å². The highest BCUT2D eigenvalue weighted by Crippen LogP contribution is 2.68. The van der Waals surface area contributed by atoms with Crippen molar-refractivity contribution < 1.29 is 193 Å². The molecule has 1 aromatic rings. The van der Waals surface area contributed by atoms with E-state index >= 15 is 0 Å². The van der Waals surface area contributed by atoms with Gasteiger partial charge in [0.2, 0.25) is 5.91 Å². The molecule has 12 rings (SSSR count). The number of ether oxygens (including phenoxy) is 15. The van der Waals surface area contributed by atoms with Crippen LogP contribution in [0, 0.1) is 46.3 Å². The van der Waals surface area contributed by atoms with Crippen molar-refractivity contribution in [1.82, 2.24) is 16.0 Å². The summed E-state index contributed by atoms with van der Waals surface area (Å²) >= 11 is 0. The first-order valence-corrected chi connectivity index (χ1v) is 49.0. The van der Waals surface area contributed by atoms with E-state index in [-0.39, 0.29) is 54.9 Å². The number of unbranched alkanes of at least 4 members (excludes halogenated alkanes) is 6. The number of alkyl carbamates (subject to hydrolysis) is 1. The minimum atomic E-state index is -2.36. The summed E-state index contributed by atoms with van der Waals surface area (Å²) < 4.78 is 87.3. The van der Waals surface area contributed by atoms with Crippen LogP contribution in [0.2, 0.25) is 0 Å². The Balaban J connectivity index is 0.581. The number of allylic oxidation sites excluding steroid dienone is 1. The second-order valence-corrected chi connectivity index (χ2v) is 39.9. The van der Waals surface area contributed by atoms with Gasteiger partial charge in [0.25, 0.3) is 10.9 Å². The fourth-order valence-electron chi connectivity index (χ4n) is 22.4.